The van der Waals surface area contributed by atoms with Crippen molar-refractivity contribution in [2.75, 3.05) is 5.32 Å². The molecule has 1 N–H and O–H groups in total. The monoisotopic (exact) mass is 441 g/mol. The third-order valence-electron chi connectivity index (χ3n) is 5.37. The molecule has 0 atom stereocenters. The average Bonchev–Trinajstić information content (AvgIpc) is 3.36. The summed E-state index contributed by atoms with van der Waals surface area (Å²) in [5.74, 6) is 0.375. The Balaban J connectivity index is 0.00000181. The average molecular weight is 442 g/mol. The summed E-state index contributed by atoms with van der Waals surface area (Å²) in [6.07, 6.45) is 3.88. The molecule has 1 saturated carbocycles. The van der Waals surface area contributed by atoms with Crippen LogP contribution >= 0.6 is 23.7 Å². The lowest BCUT2D eigenvalue weighted by molar-refractivity contribution is 0.605. The summed E-state index contributed by atoms with van der Waals surface area (Å²) < 4.78 is 26.5. The van der Waals surface area contributed by atoms with Gasteiger partial charge in [-0.05, 0) is 66.3 Å². The van der Waals surface area contributed by atoms with E-state index in [4.69, 9.17) is 0 Å². The largest absolute Gasteiger partial charge is 0.355 e. The predicted octanol–water partition coefficient (Wildman–Crippen LogP) is 5.55. The van der Waals surface area contributed by atoms with E-state index in [0.717, 1.165) is 56.5 Å². The van der Waals surface area contributed by atoms with Gasteiger partial charge in [0.2, 0.25) is 9.84 Å². The Labute approximate surface area is 177 Å². The number of sulfone groups is 1. The number of nitrogens with zero attached hydrogens (tertiary/aromatic N) is 2. The zero-order valence-corrected chi connectivity index (χ0v) is 17.6. The maximum Gasteiger partial charge on any atom is 0.200 e. The first-order chi connectivity index (χ1) is 13.6. The van der Waals surface area contributed by atoms with Crippen molar-refractivity contribution in [2.24, 2.45) is 5.92 Å². The minimum Gasteiger partial charge on any atom is -0.355 e. The molecule has 0 radical (unpaired) electrons. The topological polar surface area (TPSA) is 72.0 Å². The fourth-order valence-electron chi connectivity index (χ4n) is 3.84. The third kappa shape index (κ3) is 3.01. The summed E-state index contributed by atoms with van der Waals surface area (Å²) in [6, 6.07) is 11.6. The number of anilines is 2. The van der Waals surface area contributed by atoms with Gasteiger partial charge in [0.25, 0.3) is 0 Å². The minimum absolute atomic E-state index is 0. The molecule has 0 unspecified atom stereocenters. The molecule has 29 heavy (non-hydrogen) atoms. The standard InChI is InChI=1S/C21H15N3O2S2.ClH/c25-28(26)10-16(12-1-2-12)14-8-18-15(9-21(14)28)17(5-6-22-18)24-13-3-4-20-19(7-13)23-11-27-20;/h3-12H,1-2H2,(H,22,24);1H. The van der Waals surface area contributed by atoms with Crippen molar-refractivity contribution >= 4 is 71.6 Å². The van der Waals surface area contributed by atoms with Gasteiger partial charge in [0.15, 0.2) is 0 Å². The molecule has 3 heterocycles. The number of fused-ring (bicyclic) bond motifs is 3. The summed E-state index contributed by atoms with van der Waals surface area (Å²) in [5.41, 5.74) is 7.07. The van der Waals surface area contributed by atoms with E-state index in [9.17, 15) is 8.42 Å². The molecule has 4 aromatic rings. The molecular formula is C21H16ClN3O2S2. The summed E-state index contributed by atoms with van der Waals surface area (Å²) >= 11 is 1.60. The minimum atomic E-state index is -3.39. The smallest absolute Gasteiger partial charge is 0.200 e. The quantitative estimate of drug-likeness (QED) is 0.451. The fourth-order valence-corrected chi connectivity index (χ4v) is 6.04. The molecular weight excluding hydrogens is 426 g/mol. The molecule has 5 nitrogen and oxygen atoms in total. The molecule has 8 heteroatoms. The summed E-state index contributed by atoms with van der Waals surface area (Å²) in [6.45, 7) is 0. The number of halogens is 1. The van der Waals surface area contributed by atoms with Crippen molar-refractivity contribution in [3.8, 4) is 0 Å². The van der Waals surface area contributed by atoms with Gasteiger partial charge in [-0.15, -0.1) is 23.7 Å². The van der Waals surface area contributed by atoms with E-state index in [-0.39, 0.29) is 12.4 Å². The number of allylic oxidation sites excluding steroid dienone is 1. The lowest BCUT2D eigenvalue weighted by Crippen LogP contribution is -1.97. The number of hydrogen-bond acceptors (Lipinski definition) is 6. The van der Waals surface area contributed by atoms with Crippen LogP contribution in [-0.2, 0) is 9.84 Å². The molecule has 2 aromatic heterocycles. The SMILES string of the molecule is Cl.O=S1(=O)C=C(C2CC2)c2cc3nccc(Nc4ccc5scnc5c4)c3cc21. The number of thiazole rings is 1. The summed E-state index contributed by atoms with van der Waals surface area (Å²) in [7, 11) is -3.39. The lowest BCUT2D eigenvalue weighted by atomic mass is 10.0. The van der Waals surface area contributed by atoms with Gasteiger partial charge in [0.1, 0.15) is 0 Å². The van der Waals surface area contributed by atoms with Crippen molar-refractivity contribution in [1.29, 1.82) is 0 Å². The van der Waals surface area contributed by atoms with Crippen molar-refractivity contribution in [2.45, 2.75) is 17.7 Å². The Bertz CT molecular complexity index is 1420. The molecule has 146 valence electrons. The molecule has 0 spiro atoms. The maximum absolute atomic E-state index is 12.7. The van der Waals surface area contributed by atoms with Crippen LogP contribution in [0, 0.1) is 5.92 Å². The van der Waals surface area contributed by atoms with E-state index in [1.165, 1.54) is 5.41 Å². The van der Waals surface area contributed by atoms with Crippen molar-refractivity contribution in [3.63, 3.8) is 0 Å². The summed E-state index contributed by atoms with van der Waals surface area (Å²) in [5, 5.41) is 5.66. The van der Waals surface area contributed by atoms with Crippen LogP contribution in [0.25, 0.3) is 26.7 Å². The fraction of sp³-hybridized carbons (Fsp3) is 0.143. The van der Waals surface area contributed by atoms with E-state index >= 15 is 0 Å². The highest BCUT2D eigenvalue weighted by Crippen LogP contribution is 2.49. The second kappa shape index (κ2) is 6.52. The molecule has 0 saturated heterocycles. The van der Waals surface area contributed by atoms with E-state index in [0.29, 0.717) is 10.8 Å². The molecule has 1 aliphatic carbocycles. The highest BCUT2D eigenvalue weighted by molar-refractivity contribution is 7.95. The van der Waals surface area contributed by atoms with E-state index in [2.05, 4.69) is 15.3 Å². The molecule has 2 aliphatic rings. The van der Waals surface area contributed by atoms with Crippen LogP contribution in [0.1, 0.15) is 18.4 Å². The Kier molecular flexibility index (Phi) is 4.17. The number of rotatable bonds is 3. The van der Waals surface area contributed by atoms with Gasteiger partial charge in [0, 0.05) is 28.4 Å². The molecule has 0 bridgehead atoms. The third-order valence-corrected chi connectivity index (χ3v) is 7.69. The molecule has 1 aliphatic heterocycles. The van der Waals surface area contributed by atoms with Crippen LogP contribution in [-0.4, -0.2) is 18.4 Å². The van der Waals surface area contributed by atoms with E-state index in [1.807, 2.05) is 35.8 Å². The highest BCUT2D eigenvalue weighted by atomic mass is 35.5. The summed E-state index contributed by atoms with van der Waals surface area (Å²) in [4.78, 5) is 9.25. The first-order valence-corrected chi connectivity index (χ1v) is 11.5. The van der Waals surface area contributed by atoms with Gasteiger partial charge >= 0.3 is 0 Å². The second-order valence-corrected chi connectivity index (χ2v) is 9.93. The number of pyridine rings is 1. The van der Waals surface area contributed by atoms with E-state index in [1.54, 1.807) is 23.6 Å². The lowest BCUT2D eigenvalue weighted by Gasteiger charge is -2.12. The Hall–Kier alpha value is -2.48. The molecule has 2 aromatic carbocycles. The number of hydrogen-bond donors (Lipinski definition) is 1. The van der Waals surface area contributed by atoms with Crippen molar-refractivity contribution in [3.05, 3.63) is 59.1 Å². The van der Waals surface area contributed by atoms with Crippen LogP contribution in [0.3, 0.4) is 0 Å². The number of nitrogens with one attached hydrogen (secondary N) is 1. The molecule has 6 rings (SSSR count). The van der Waals surface area contributed by atoms with Crippen LogP contribution < -0.4 is 5.32 Å². The second-order valence-electron chi connectivity index (χ2n) is 7.28. The Morgan fingerprint density at radius 3 is 2.72 bits per heavy atom. The first kappa shape index (κ1) is 18.5. The first-order valence-electron chi connectivity index (χ1n) is 9.09. The van der Waals surface area contributed by atoms with Gasteiger partial charge in [-0.3, -0.25) is 4.98 Å². The van der Waals surface area contributed by atoms with Crippen LogP contribution in [0.2, 0.25) is 0 Å². The Morgan fingerprint density at radius 1 is 1.03 bits per heavy atom. The van der Waals surface area contributed by atoms with Gasteiger partial charge in [0.05, 0.1) is 26.1 Å². The van der Waals surface area contributed by atoms with Gasteiger partial charge in [-0.2, -0.15) is 0 Å². The van der Waals surface area contributed by atoms with Crippen LogP contribution in [0.5, 0.6) is 0 Å². The zero-order valence-electron chi connectivity index (χ0n) is 15.1. The Morgan fingerprint density at radius 2 is 1.90 bits per heavy atom. The van der Waals surface area contributed by atoms with Gasteiger partial charge < -0.3 is 5.32 Å². The van der Waals surface area contributed by atoms with Crippen molar-refractivity contribution < 1.29 is 8.42 Å². The molecule has 1 fully saturated rings. The van der Waals surface area contributed by atoms with E-state index < -0.39 is 9.84 Å². The predicted molar refractivity (Wildman–Crippen MR) is 120 cm³/mol. The van der Waals surface area contributed by atoms with Gasteiger partial charge in [-0.25, -0.2) is 13.4 Å². The van der Waals surface area contributed by atoms with Crippen LogP contribution in [0.4, 0.5) is 11.4 Å². The maximum atomic E-state index is 12.7. The highest BCUT2D eigenvalue weighted by Gasteiger charge is 2.36. The van der Waals surface area contributed by atoms with Crippen molar-refractivity contribution in [1.82, 2.24) is 9.97 Å². The number of benzene rings is 2. The zero-order chi connectivity index (χ0) is 18.9. The number of aromatic nitrogens is 2. The molecule has 0 amide bonds. The van der Waals surface area contributed by atoms with Crippen LogP contribution in [0.15, 0.2) is 58.4 Å². The van der Waals surface area contributed by atoms with Gasteiger partial charge in [-0.1, -0.05) is 0 Å². The normalized spacial score (nSPS) is 17.0.